The van der Waals surface area contributed by atoms with Crippen LogP contribution in [-0.2, 0) is 0 Å². The molecular formula is C18H22N2O4. The van der Waals surface area contributed by atoms with E-state index in [1.165, 1.54) is 6.07 Å². The molecule has 2 amide bonds. The number of hydrogen-bond donors (Lipinski definition) is 3. The Labute approximate surface area is 139 Å². The second-order valence-corrected chi connectivity index (χ2v) is 6.29. The van der Waals surface area contributed by atoms with Crippen molar-refractivity contribution in [3.8, 4) is 0 Å². The minimum Gasteiger partial charge on any atom is -0.423 e. The summed E-state index contributed by atoms with van der Waals surface area (Å²) in [6, 6.07) is 7.85. The molecule has 0 saturated heterocycles. The summed E-state index contributed by atoms with van der Waals surface area (Å²) in [5.41, 5.74) is 0.713. The van der Waals surface area contributed by atoms with Crippen LogP contribution in [0, 0.1) is 5.92 Å². The van der Waals surface area contributed by atoms with Crippen LogP contribution in [0.25, 0.3) is 11.0 Å². The molecule has 2 aromatic rings. The van der Waals surface area contributed by atoms with Crippen LogP contribution in [-0.4, -0.2) is 23.8 Å². The molecule has 2 unspecified atom stereocenters. The van der Waals surface area contributed by atoms with Crippen LogP contribution >= 0.6 is 0 Å². The van der Waals surface area contributed by atoms with Crippen LogP contribution in [0.15, 0.2) is 39.5 Å². The number of urea groups is 1. The van der Waals surface area contributed by atoms with Gasteiger partial charge in [-0.05, 0) is 37.1 Å². The van der Waals surface area contributed by atoms with Gasteiger partial charge in [-0.25, -0.2) is 9.59 Å². The first kappa shape index (κ1) is 16.5. The summed E-state index contributed by atoms with van der Waals surface area (Å²) in [7, 11) is 0. The van der Waals surface area contributed by atoms with E-state index in [2.05, 4.69) is 10.6 Å². The van der Waals surface area contributed by atoms with Crippen molar-refractivity contribution in [1.29, 1.82) is 0 Å². The summed E-state index contributed by atoms with van der Waals surface area (Å²) in [5, 5.41) is 16.1. The van der Waals surface area contributed by atoms with Crippen LogP contribution in [0.2, 0.25) is 0 Å². The molecule has 0 radical (unpaired) electrons. The topological polar surface area (TPSA) is 91.6 Å². The Morgan fingerprint density at radius 3 is 2.83 bits per heavy atom. The molecule has 24 heavy (non-hydrogen) atoms. The number of benzene rings is 1. The highest BCUT2D eigenvalue weighted by molar-refractivity contribution is 5.92. The molecule has 6 heteroatoms. The lowest BCUT2D eigenvalue weighted by atomic mass is 9.96. The van der Waals surface area contributed by atoms with Crippen molar-refractivity contribution >= 4 is 22.7 Å². The molecule has 0 spiro atoms. The molecule has 1 aromatic heterocycles. The van der Waals surface area contributed by atoms with E-state index in [4.69, 9.17) is 4.42 Å². The second-order valence-electron chi connectivity index (χ2n) is 6.29. The van der Waals surface area contributed by atoms with E-state index in [1.54, 1.807) is 24.3 Å². The average Bonchev–Trinajstić information content (AvgIpc) is 2.80. The molecular weight excluding hydrogens is 308 g/mol. The SMILES string of the molecule is O=C(Nc1ccc2oc(=O)ccc2c1)NC1CCCCCC1CO. The van der Waals surface area contributed by atoms with Crippen molar-refractivity contribution in [3.63, 3.8) is 0 Å². The lowest BCUT2D eigenvalue weighted by molar-refractivity contribution is 0.182. The molecule has 128 valence electrons. The van der Waals surface area contributed by atoms with Crippen molar-refractivity contribution in [2.24, 2.45) is 5.92 Å². The Morgan fingerprint density at radius 1 is 1.17 bits per heavy atom. The summed E-state index contributed by atoms with van der Waals surface area (Å²) in [5.74, 6) is 0.115. The highest BCUT2D eigenvalue weighted by Gasteiger charge is 2.24. The smallest absolute Gasteiger partial charge is 0.336 e. The van der Waals surface area contributed by atoms with Crippen molar-refractivity contribution in [2.75, 3.05) is 11.9 Å². The van der Waals surface area contributed by atoms with E-state index in [0.717, 1.165) is 37.5 Å². The van der Waals surface area contributed by atoms with E-state index in [-0.39, 0.29) is 24.6 Å². The van der Waals surface area contributed by atoms with Gasteiger partial charge in [-0.3, -0.25) is 0 Å². The maximum Gasteiger partial charge on any atom is 0.336 e. The Kier molecular flexibility index (Phi) is 5.15. The number of hydrogen-bond acceptors (Lipinski definition) is 4. The summed E-state index contributed by atoms with van der Waals surface area (Å²) in [6.45, 7) is 0.0972. The monoisotopic (exact) mass is 330 g/mol. The molecule has 1 saturated carbocycles. The van der Waals surface area contributed by atoms with Gasteiger partial charge in [0.1, 0.15) is 5.58 Å². The molecule has 3 N–H and O–H groups in total. The van der Waals surface area contributed by atoms with Gasteiger partial charge in [-0.15, -0.1) is 0 Å². The first-order valence-electron chi connectivity index (χ1n) is 8.38. The molecule has 3 rings (SSSR count). The van der Waals surface area contributed by atoms with Gasteiger partial charge >= 0.3 is 11.7 Å². The fourth-order valence-electron chi connectivity index (χ4n) is 3.28. The number of rotatable bonds is 3. The standard InChI is InChI=1S/C18H22N2O4/c21-11-13-4-2-1-3-5-15(13)20-18(23)19-14-7-8-16-12(10-14)6-9-17(22)24-16/h6-10,13,15,21H,1-5,11H2,(H2,19,20,23). The lowest BCUT2D eigenvalue weighted by Crippen LogP contribution is -2.43. The zero-order valence-corrected chi connectivity index (χ0v) is 13.5. The number of carbonyl (C=O) groups excluding carboxylic acids is 1. The minimum absolute atomic E-state index is 0.00372. The molecule has 1 aliphatic carbocycles. The lowest BCUT2D eigenvalue weighted by Gasteiger charge is -2.24. The number of carbonyl (C=O) groups is 1. The highest BCUT2D eigenvalue weighted by Crippen LogP contribution is 2.23. The van der Waals surface area contributed by atoms with Gasteiger partial charge < -0.3 is 20.2 Å². The quantitative estimate of drug-likeness (QED) is 0.596. The third-order valence-electron chi connectivity index (χ3n) is 4.59. The van der Waals surface area contributed by atoms with Gasteiger partial charge in [0.05, 0.1) is 0 Å². The predicted octanol–water partition coefficient (Wildman–Crippen LogP) is 2.86. The summed E-state index contributed by atoms with van der Waals surface area (Å²) in [6.07, 6.45) is 5.14. The van der Waals surface area contributed by atoms with Crippen LogP contribution < -0.4 is 16.3 Å². The van der Waals surface area contributed by atoms with Gasteiger partial charge in [0, 0.05) is 35.7 Å². The number of aliphatic hydroxyl groups is 1. The second kappa shape index (κ2) is 7.49. The molecule has 1 heterocycles. The number of amides is 2. The Bertz CT molecular complexity index is 771. The molecule has 1 aliphatic rings. The van der Waals surface area contributed by atoms with E-state index in [9.17, 15) is 14.7 Å². The van der Waals surface area contributed by atoms with Crippen molar-refractivity contribution < 1.29 is 14.3 Å². The van der Waals surface area contributed by atoms with Gasteiger partial charge in [0.15, 0.2) is 0 Å². The number of fused-ring (bicyclic) bond motifs is 1. The number of anilines is 1. The van der Waals surface area contributed by atoms with E-state index >= 15 is 0 Å². The van der Waals surface area contributed by atoms with E-state index in [0.29, 0.717) is 11.3 Å². The minimum atomic E-state index is -0.399. The van der Waals surface area contributed by atoms with Crippen molar-refractivity contribution in [2.45, 2.75) is 38.1 Å². The van der Waals surface area contributed by atoms with Gasteiger partial charge in [-0.1, -0.05) is 19.3 Å². The average molecular weight is 330 g/mol. The van der Waals surface area contributed by atoms with Crippen LogP contribution in [0.5, 0.6) is 0 Å². The first-order valence-corrected chi connectivity index (χ1v) is 8.38. The molecule has 1 fully saturated rings. The van der Waals surface area contributed by atoms with E-state index in [1.807, 2.05) is 0 Å². The van der Waals surface area contributed by atoms with E-state index < -0.39 is 5.63 Å². The molecule has 1 aromatic carbocycles. The van der Waals surface area contributed by atoms with Crippen LogP contribution in [0.3, 0.4) is 0 Å². The Balaban J connectivity index is 1.67. The molecule has 2 atom stereocenters. The predicted molar refractivity (Wildman–Crippen MR) is 92.1 cm³/mol. The summed E-state index contributed by atoms with van der Waals surface area (Å²) >= 11 is 0. The van der Waals surface area contributed by atoms with Gasteiger partial charge in [0.25, 0.3) is 0 Å². The van der Waals surface area contributed by atoms with Gasteiger partial charge in [0.2, 0.25) is 0 Å². The third kappa shape index (κ3) is 3.94. The van der Waals surface area contributed by atoms with Crippen molar-refractivity contribution in [3.05, 3.63) is 40.8 Å². The van der Waals surface area contributed by atoms with Crippen molar-refractivity contribution in [1.82, 2.24) is 5.32 Å². The van der Waals surface area contributed by atoms with Gasteiger partial charge in [-0.2, -0.15) is 0 Å². The zero-order chi connectivity index (χ0) is 16.9. The fraction of sp³-hybridized carbons (Fsp3) is 0.444. The number of nitrogens with one attached hydrogen (secondary N) is 2. The molecule has 6 nitrogen and oxygen atoms in total. The molecule has 0 aliphatic heterocycles. The summed E-state index contributed by atoms with van der Waals surface area (Å²) in [4.78, 5) is 23.5. The maximum absolute atomic E-state index is 12.3. The summed E-state index contributed by atoms with van der Waals surface area (Å²) < 4.78 is 5.07. The maximum atomic E-state index is 12.3. The fourth-order valence-corrected chi connectivity index (χ4v) is 3.28. The van der Waals surface area contributed by atoms with Crippen LogP contribution in [0.1, 0.15) is 32.1 Å². The third-order valence-corrected chi connectivity index (χ3v) is 4.59. The van der Waals surface area contributed by atoms with Crippen LogP contribution in [0.4, 0.5) is 10.5 Å². The number of aliphatic hydroxyl groups excluding tert-OH is 1. The Morgan fingerprint density at radius 2 is 2.00 bits per heavy atom. The zero-order valence-electron chi connectivity index (χ0n) is 13.5. The largest absolute Gasteiger partial charge is 0.423 e. The normalized spacial score (nSPS) is 21.2. The highest BCUT2D eigenvalue weighted by atomic mass is 16.4. The molecule has 0 bridgehead atoms. The Hall–Kier alpha value is -2.34. The first-order chi connectivity index (χ1) is 11.7.